The van der Waals surface area contributed by atoms with Crippen molar-refractivity contribution in [1.82, 2.24) is 10.3 Å². The molecule has 16 heavy (non-hydrogen) atoms. The van der Waals surface area contributed by atoms with Crippen molar-refractivity contribution in [3.05, 3.63) is 0 Å². The molecule has 4 heteroatoms. The summed E-state index contributed by atoms with van der Waals surface area (Å²) in [5.74, 6) is 0. The summed E-state index contributed by atoms with van der Waals surface area (Å²) in [5, 5.41) is 6.00. The quantitative estimate of drug-likeness (QED) is 0.587. The van der Waals surface area contributed by atoms with Crippen molar-refractivity contribution < 1.29 is 9.68 Å². The Morgan fingerprint density at radius 1 is 1.44 bits per heavy atom. The Morgan fingerprint density at radius 2 is 2.19 bits per heavy atom. The van der Waals surface area contributed by atoms with E-state index in [9.17, 15) is 0 Å². The largest absolute Gasteiger partial charge is 0.284 e. The van der Waals surface area contributed by atoms with Gasteiger partial charge in [-0.3, -0.25) is 5.32 Å². The van der Waals surface area contributed by atoms with Crippen molar-refractivity contribution in [2.75, 3.05) is 13.1 Å². The molecule has 2 N–H and O–H groups in total. The smallest absolute Gasteiger partial charge is 0.284 e. The average molecular weight is 224 g/mol. The second-order valence-corrected chi connectivity index (χ2v) is 5.23. The molecule has 2 rings (SSSR count). The molecule has 0 bridgehead atoms. The minimum atomic E-state index is 0.360. The summed E-state index contributed by atoms with van der Waals surface area (Å²) in [4.78, 5) is 3.54. The van der Waals surface area contributed by atoms with Crippen molar-refractivity contribution >= 4 is 11.9 Å². The molecule has 0 saturated carbocycles. The first-order valence-electron chi connectivity index (χ1n) is 6.36. The van der Waals surface area contributed by atoms with Gasteiger partial charge in [0.1, 0.15) is 6.04 Å². The van der Waals surface area contributed by atoms with E-state index in [0.717, 1.165) is 13.1 Å². The molecule has 0 amide bonds. The summed E-state index contributed by atoms with van der Waals surface area (Å²) >= 11 is 0. The van der Waals surface area contributed by atoms with Gasteiger partial charge in [-0.05, 0) is 40.7 Å². The van der Waals surface area contributed by atoms with E-state index < -0.39 is 0 Å². The van der Waals surface area contributed by atoms with Gasteiger partial charge in [-0.25, -0.2) is 4.99 Å². The van der Waals surface area contributed by atoms with Crippen molar-refractivity contribution in [3.8, 4) is 0 Å². The van der Waals surface area contributed by atoms with Crippen LogP contribution in [0.15, 0.2) is 0 Å². The van der Waals surface area contributed by atoms with Gasteiger partial charge in [-0.1, -0.05) is 0 Å². The van der Waals surface area contributed by atoms with E-state index in [2.05, 4.69) is 53.9 Å². The molecule has 90 valence electrons. The van der Waals surface area contributed by atoms with Crippen LogP contribution in [0.5, 0.6) is 0 Å². The standard InChI is InChI=1S/C12H23N4/c1-9(2)14-11-8-16(10(3)4)15-7-5-6-13-12(11)15/h8-10,12-13H,5-7H2,1-4H3/q+1/p+1. The molecule has 1 atom stereocenters. The number of hydrogen-bond donors (Lipinski definition) is 2. The molecule has 0 aromatic rings. The molecular formula is C12H24N4+2. The van der Waals surface area contributed by atoms with Crippen LogP contribution in [0, 0.1) is 0 Å². The fraction of sp³-hybridized carbons (Fsp3) is 0.833. The van der Waals surface area contributed by atoms with E-state index in [1.54, 1.807) is 0 Å². The van der Waals surface area contributed by atoms with Crippen LogP contribution in [0.3, 0.4) is 0 Å². The summed E-state index contributed by atoms with van der Waals surface area (Å²) in [6, 6.07) is 1.01. The van der Waals surface area contributed by atoms with Crippen LogP contribution in [0.4, 0.5) is 0 Å². The monoisotopic (exact) mass is 224 g/mol. The molecule has 0 radical (unpaired) electrons. The van der Waals surface area contributed by atoms with E-state index in [4.69, 9.17) is 0 Å². The first-order valence-corrected chi connectivity index (χ1v) is 6.36. The third-order valence-corrected chi connectivity index (χ3v) is 3.05. The highest BCUT2D eigenvalue weighted by atomic mass is 15.6. The Labute approximate surface area is 98.0 Å². The van der Waals surface area contributed by atoms with E-state index in [1.807, 2.05) is 0 Å². The number of hydrazine groups is 1. The lowest BCUT2D eigenvalue weighted by atomic mass is 10.2. The highest BCUT2D eigenvalue weighted by molar-refractivity contribution is 6.28. The molecule has 0 aliphatic carbocycles. The maximum absolute atomic E-state index is 3.57. The van der Waals surface area contributed by atoms with Crippen molar-refractivity contribution in [3.63, 3.8) is 0 Å². The molecule has 0 spiro atoms. The second-order valence-electron chi connectivity index (χ2n) is 5.23. The van der Waals surface area contributed by atoms with Crippen LogP contribution < -0.4 is 10.3 Å². The zero-order valence-electron chi connectivity index (χ0n) is 10.8. The molecule has 0 aromatic heterocycles. The number of rotatable bonds is 2. The lowest BCUT2D eigenvalue weighted by Crippen LogP contribution is -2.81. The molecule has 2 heterocycles. The minimum absolute atomic E-state index is 0.360. The van der Waals surface area contributed by atoms with Crippen LogP contribution in [0.25, 0.3) is 0 Å². The zero-order chi connectivity index (χ0) is 11.7. The van der Waals surface area contributed by atoms with Crippen molar-refractivity contribution in [2.24, 2.45) is 0 Å². The Balaban J connectivity index is 2.26. The van der Waals surface area contributed by atoms with E-state index in [1.165, 1.54) is 12.1 Å². The highest BCUT2D eigenvalue weighted by Gasteiger charge is 2.44. The van der Waals surface area contributed by atoms with Crippen LogP contribution in [-0.4, -0.2) is 53.0 Å². The fourth-order valence-electron chi connectivity index (χ4n) is 2.42. The fourth-order valence-corrected chi connectivity index (χ4v) is 2.42. The van der Waals surface area contributed by atoms with E-state index in [0.29, 0.717) is 18.2 Å². The third-order valence-electron chi connectivity index (χ3n) is 3.05. The summed E-state index contributed by atoms with van der Waals surface area (Å²) in [5.41, 5.74) is 1.31. The van der Waals surface area contributed by atoms with Crippen molar-refractivity contribution in [2.45, 2.75) is 52.4 Å². The van der Waals surface area contributed by atoms with Crippen LogP contribution >= 0.6 is 0 Å². The summed E-state index contributed by atoms with van der Waals surface area (Å²) in [6.45, 7) is 11.1. The normalized spacial score (nSPS) is 27.9. The zero-order valence-corrected chi connectivity index (χ0v) is 10.8. The first-order chi connectivity index (χ1) is 7.59. The molecule has 0 aromatic carbocycles. The Hall–Kier alpha value is -0.900. The van der Waals surface area contributed by atoms with Crippen LogP contribution in [0.1, 0.15) is 34.1 Å². The number of nitrogens with zero attached hydrogens (tertiary/aromatic N) is 2. The molecule has 1 saturated heterocycles. The van der Waals surface area contributed by atoms with Crippen LogP contribution in [-0.2, 0) is 0 Å². The predicted octanol–water partition coefficient (Wildman–Crippen LogP) is -1.04. The van der Waals surface area contributed by atoms with E-state index >= 15 is 0 Å². The Bertz CT molecular complexity index is 317. The van der Waals surface area contributed by atoms with Gasteiger partial charge >= 0.3 is 0 Å². The van der Waals surface area contributed by atoms with Gasteiger partial charge in [0, 0.05) is 0 Å². The van der Waals surface area contributed by atoms with Gasteiger partial charge in [-0.15, -0.1) is 4.68 Å². The van der Waals surface area contributed by atoms with E-state index in [-0.39, 0.29) is 0 Å². The highest BCUT2D eigenvalue weighted by Crippen LogP contribution is 2.12. The molecule has 4 nitrogen and oxygen atoms in total. The summed E-state index contributed by atoms with van der Waals surface area (Å²) in [6.07, 6.45) is 3.84. The van der Waals surface area contributed by atoms with Gasteiger partial charge in [0.15, 0.2) is 6.04 Å². The average Bonchev–Trinajstić information content (AvgIpc) is 2.57. The second kappa shape index (κ2) is 4.53. The number of nitrogens with one attached hydrogen (secondary N) is 2. The van der Waals surface area contributed by atoms with Gasteiger partial charge in [-0.2, -0.15) is 5.01 Å². The lowest BCUT2D eigenvalue weighted by molar-refractivity contribution is -0.710. The third kappa shape index (κ3) is 2.12. The van der Waals surface area contributed by atoms with Crippen LogP contribution in [0.2, 0.25) is 0 Å². The number of hydrazone groups is 1. The molecule has 1 unspecified atom stereocenters. The number of fused-ring (bicyclic) bond motifs is 1. The maximum Gasteiger partial charge on any atom is 0.284 e. The predicted molar refractivity (Wildman–Crippen MR) is 65.7 cm³/mol. The Morgan fingerprint density at radius 3 is 2.81 bits per heavy atom. The topological polar surface area (TPSA) is 32.2 Å². The molecule has 1 fully saturated rings. The SMILES string of the molecule is CC(C)[NH+]=C1C=[N+](C(C)C)N2CCCNC12. The van der Waals surface area contributed by atoms with Gasteiger partial charge in [0.05, 0.1) is 6.54 Å². The lowest BCUT2D eigenvalue weighted by Gasteiger charge is -2.28. The summed E-state index contributed by atoms with van der Waals surface area (Å²) < 4.78 is 2.35. The van der Waals surface area contributed by atoms with Crippen molar-refractivity contribution in [1.29, 1.82) is 0 Å². The molecule has 2 aliphatic rings. The number of hydrogen-bond acceptors (Lipinski definition) is 2. The van der Waals surface area contributed by atoms with Gasteiger partial charge in [0.2, 0.25) is 6.17 Å². The van der Waals surface area contributed by atoms with Gasteiger partial charge < -0.3 is 0 Å². The minimum Gasteiger partial charge on any atom is -0.284 e. The summed E-state index contributed by atoms with van der Waals surface area (Å²) in [7, 11) is 0. The van der Waals surface area contributed by atoms with Gasteiger partial charge in [0.25, 0.3) is 11.9 Å². The Kier molecular flexibility index (Phi) is 3.28. The maximum atomic E-state index is 3.57. The molecular weight excluding hydrogens is 200 g/mol. The molecule has 2 aliphatic heterocycles. The first kappa shape index (κ1) is 11.6.